The Morgan fingerprint density at radius 2 is 2.06 bits per heavy atom. The molecule has 0 unspecified atom stereocenters. The zero-order chi connectivity index (χ0) is 22.2. The van der Waals surface area contributed by atoms with Crippen molar-refractivity contribution in [3.63, 3.8) is 0 Å². The highest BCUT2D eigenvalue weighted by atomic mass is 32.2. The molecule has 0 fully saturated rings. The number of rotatable bonds is 8. The van der Waals surface area contributed by atoms with Gasteiger partial charge in [-0.25, -0.2) is 28.1 Å². The number of carbonyl (C=O) groups excluding carboxylic acids is 1. The van der Waals surface area contributed by atoms with Crippen molar-refractivity contribution in [3.05, 3.63) is 35.2 Å². The van der Waals surface area contributed by atoms with E-state index in [0.717, 1.165) is 28.0 Å². The summed E-state index contributed by atoms with van der Waals surface area (Å²) in [7, 11) is -3.24. The monoisotopic (exact) mass is 460 g/mol. The maximum absolute atomic E-state index is 12.2. The molecular formula is C20H24N6O3S2. The number of anilines is 1. The molecule has 11 heteroatoms. The molecule has 1 aliphatic rings. The molecule has 2 aromatic heterocycles. The number of carbonyl (C=O) groups is 1. The number of benzene rings is 1. The molecule has 0 saturated carbocycles. The third-order valence-electron chi connectivity index (χ3n) is 5.31. The summed E-state index contributed by atoms with van der Waals surface area (Å²) in [6.07, 6.45) is 3.30. The third kappa shape index (κ3) is 4.43. The molecule has 0 saturated heterocycles. The summed E-state index contributed by atoms with van der Waals surface area (Å²) in [5.41, 5.74) is 10.1. The lowest BCUT2D eigenvalue weighted by atomic mass is 10.1. The van der Waals surface area contributed by atoms with Gasteiger partial charge in [-0.3, -0.25) is 4.79 Å². The van der Waals surface area contributed by atoms with Gasteiger partial charge in [0.25, 0.3) is 0 Å². The van der Waals surface area contributed by atoms with Crippen molar-refractivity contribution in [2.45, 2.75) is 49.7 Å². The van der Waals surface area contributed by atoms with Gasteiger partial charge in [0.2, 0.25) is 10.0 Å². The lowest BCUT2D eigenvalue weighted by molar-refractivity contribution is 0.0994. The summed E-state index contributed by atoms with van der Waals surface area (Å²) < 4.78 is 27.9. The minimum Gasteiger partial charge on any atom is -0.382 e. The number of nitrogens with one attached hydrogen (secondary N) is 1. The van der Waals surface area contributed by atoms with Crippen molar-refractivity contribution in [2.24, 2.45) is 0 Å². The highest BCUT2D eigenvalue weighted by Gasteiger charge is 2.23. The molecule has 9 nitrogen and oxygen atoms in total. The normalized spacial score (nSPS) is 13.8. The van der Waals surface area contributed by atoms with Crippen molar-refractivity contribution in [1.29, 1.82) is 0 Å². The van der Waals surface area contributed by atoms with Crippen LogP contribution in [0.4, 0.5) is 5.82 Å². The molecule has 4 rings (SSSR count). The van der Waals surface area contributed by atoms with Crippen LogP contribution >= 0.6 is 11.8 Å². The number of aromatic nitrogens is 4. The molecular weight excluding hydrogens is 436 g/mol. The van der Waals surface area contributed by atoms with Crippen molar-refractivity contribution in [2.75, 3.05) is 18.0 Å². The van der Waals surface area contributed by atoms with Gasteiger partial charge in [0.1, 0.15) is 6.33 Å². The predicted molar refractivity (Wildman–Crippen MR) is 120 cm³/mol. The van der Waals surface area contributed by atoms with Crippen molar-refractivity contribution >= 4 is 44.6 Å². The van der Waals surface area contributed by atoms with Crippen LogP contribution in [0.3, 0.4) is 0 Å². The van der Waals surface area contributed by atoms with Crippen LogP contribution in [0.2, 0.25) is 0 Å². The van der Waals surface area contributed by atoms with Crippen LogP contribution in [0.15, 0.2) is 28.5 Å². The number of nitrogens with two attached hydrogens (primary N) is 1. The molecule has 0 atom stereocenters. The average Bonchev–Trinajstić information content (AvgIpc) is 3.27. The molecule has 0 spiro atoms. The third-order valence-corrected chi connectivity index (χ3v) is 7.87. The van der Waals surface area contributed by atoms with E-state index in [4.69, 9.17) is 5.73 Å². The Balaban J connectivity index is 1.65. The zero-order valence-electron chi connectivity index (χ0n) is 17.4. The predicted octanol–water partition coefficient (Wildman–Crippen LogP) is 2.33. The van der Waals surface area contributed by atoms with Gasteiger partial charge in [0.05, 0.1) is 5.75 Å². The second kappa shape index (κ2) is 8.56. The van der Waals surface area contributed by atoms with Crippen molar-refractivity contribution in [1.82, 2.24) is 24.2 Å². The van der Waals surface area contributed by atoms with Gasteiger partial charge in [-0.2, -0.15) is 0 Å². The number of hydrogen-bond donors (Lipinski definition) is 2. The van der Waals surface area contributed by atoms with Gasteiger partial charge in [-0.05, 0) is 43.9 Å². The molecule has 0 amide bonds. The lowest BCUT2D eigenvalue weighted by Gasteiger charge is -2.11. The van der Waals surface area contributed by atoms with E-state index >= 15 is 0 Å². The SMILES string of the molecule is CCS(=O)(=O)NCCCn1c(Sc2cc3c(cc2C)CCC3=O)nc2c(N)ncnc21. The van der Waals surface area contributed by atoms with Gasteiger partial charge in [-0.1, -0.05) is 17.8 Å². The van der Waals surface area contributed by atoms with Gasteiger partial charge >= 0.3 is 0 Å². The molecule has 3 aromatic rings. The number of Topliss-reactive ketones (excluding diaryl/α,β-unsaturated/α-hetero) is 1. The van der Waals surface area contributed by atoms with Crippen LogP contribution in [0.25, 0.3) is 11.2 Å². The smallest absolute Gasteiger partial charge is 0.211 e. The fourth-order valence-corrected chi connectivity index (χ4v) is 5.26. The number of nitrogens with zero attached hydrogens (tertiary/aromatic N) is 4. The Kier molecular flexibility index (Phi) is 6.00. The molecule has 0 radical (unpaired) electrons. The Bertz CT molecular complexity index is 1270. The molecule has 3 N–H and O–H groups in total. The fourth-order valence-electron chi connectivity index (χ4n) is 3.59. The first-order valence-corrected chi connectivity index (χ1v) is 12.5. The van der Waals surface area contributed by atoms with E-state index in [-0.39, 0.29) is 17.4 Å². The molecule has 0 aliphatic heterocycles. The standard InChI is InChI=1S/C20H24N6O3S2/c1-3-31(28,29)24-7-4-8-26-19-17(18(21)22-11-23-19)25-20(26)30-16-10-14-13(9-12(16)2)5-6-15(14)27/h9-11,24H,3-8H2,1-2H3,(H2,21,22,23). The van der Waals surface area contributed by atoms with E-state index in [0.29, 0.717) is 42.3 Å². The highest BCUT2D eigenvalue weighted by Crippen LogP contribution is 2.36. The minimum atomic E-state index is -3.24. The molecule has 0 bridgehead atoms. The van der Waals surface area contributed by atoms with Crippen LogP contribution in [0.1, 0.15) is 41.3 Å². The summed E-state index contributed by atoms with van der Waals surface area (Å²) in [5.74, 6) is 0.504. The number of nitrogen functional groups attached to an aromatic ring is 1. The van der Waals surface area contributed by atoms with Crippen LogP contribution in [-0.4, -0.2) is 46.0 Å². The van der Waals surface area contributed by atoms with E-state index in [9.17, 15) is 13.2 Å². The number of hydrogen-bond acceptors (Lipinski definition) is 8. The number of aryl methyl sites for hydroxylation is 3. The summed E-state index contributed by atoms with van der Waals surface area (Å²) in [4.78, 5) is 26.2. The molecule has 31 heavy (non-hydrogen) atoms. The topological polar surface area (TPSA) is 133 Å². The second-order valence-electron chi connectivity index (χ2n) is 7.43. The highest BCUT2D eigenvalue weighted by molar-refractivity contribution is 7.99. The van der Waals surface area contributed by atoms with Crippen LogP contribution < -0.4 is 10.5 Å². The van der Waals surface area contributed by atoms with E-state index in [1.165, 1.54) is 18.1 Å². The average molecular weight is 461 g/mol. The maximum Gasteiger partial charge on any atom is 0.211 e. The fraction of sp³-hybridized carbons (Fsp3) is 0.400. The molecule has 164 valence electrons. The van der Waals surface area contributed by atoms with Crippen molar-refractivity contribution < 1.29 is 13.2 Å². The number of imidazole rings is 1. The maximum atomic E-state index is 12.2. The van der Waals surface area contributed by atoms with E-state index < -0.39 is 10.0 Å². The van der Waals surface area contributed by atoms with Gasteiger partial charge in [0.15, 0.2) is 27.9 Å². The van der Waals surface area contributed by atoms with E-state index in [1.54, 1.807) is 6.92 Å². The van der Waals surface area contributed by atoms with Crippen LogP contribution in [0, 0.1) is 6.92 Å². The first-order valence-electron chi connectivity index (χ1n) is 10.1. The number of ketones is 1. The molecule has 1 aromatic carbocycles. The van der Waals surface area contributed by atoms with Crippen LogP contribution in [-0.2, 0) is 23.0 Å². The van der Waals surface area contributed by atoms with E-state index in [1.807, 2.05) is 17.6 Å². The van der Waals surface area contributed by atoms with E-state index in [2.05, 4.69) is 25.7 Å². The summed E-state index contributed by atoms with van der Waals surface area (Å²) >= 11 is 1.45. The first-order chi connectivity index (χ1) is 14.8. The number of fused-ring (bicyclic) bond motifs is 2. The van der Waals surface area contributed by atoms with Crippen LogP contribution in [0.5, 0.6) is 0 Å². The lowest BCUT2D eigenvalue weighted by Crippen LogP contribution is -2.27. The quantitative estimate of drug-likeness (QED) is 0.489. The Labute approximate surface area is 184 Å². The second-order valence-corrected chi connectivity index (χ2v) is 10.5. The van der Waals surface area contributed by atoms with Gasteiger partial charge in [-0.15, -0.1) is 0 Å². The minimum absolute atomic E-state index is 0.0438. The summed E-state index contributed by atoms with van der Waals surface area (Å²) in [5, 5.41) is 0.675. The van der Waals surface area contributed by atoms with Crippen molar-refractivity contribution in [3.8, 4) is 0 Å². The summed E-state index contributed by atoms with van der Waals surface area (Å²) in [6.45, 7) is 4.44. The molecule has 1 aliphatic carbocycles. The largest absolute Gasteiger partial charge is 0.382 e. The van der Waals surface area contributed by atoms with Gasteiger partial charge in [0, 0.05) is 30.0 Å². The summed E-state index contributed by atoms with van der Waals surface area (Å²) in [6, 6.07) is 4.02. The molecule has 2 heterocycles. The Morgan fingerprint density at radius 3 is 2.84 bits per heavy atom. The Morgan fingerprint density at radius 1 is 1.26 bits per heavy atom. The van der Waals surface area contributed by atoms with Gasteiger partial charge < -0.3 is 10.3 Å². The first kappa shape index (κ1) is 21.7. The number of sulfonamides is 1. The zero-order valence-corrected chi connectivity index (χ0v) is 19.0. The Hall–Kier alpha value is -2.50.